The van der Waals surface area contributed by atoms with Crippen LogP contribution in [0, 0.1) is 11.8 Å². The molecular weight excluding hydrogens is 253 g/mol. The Balaban J connectivity index is 2.38. The summed E-state index contributed by atoms with van der Waals surface area (Å²) >= 11 is 0. The lowest BCUT2D eigenvalue weighted by Gasteiger charge is -2.36. The molecule has 0 saturated carbocycles. The molecular formula is C14H27F3N2. The van der Waals surface area contributed by atoms with Crippen molar-refractivity contribution in [3.05, 3.63) is 0 Å². The molecule has 5 heteroatoms. The van der Waals surface area contributed by atoms with Crippen molar-refractivity contribution < 1.29 is 13.2 Å². The highest BCUT2D eigenvalue weighted by atomic mass is 19.4. The Labute approximate surface area is 114 Å². The van der Waals surface area contributed by atoms with Crippen LogP contribution in [0.1, 0.15) is 40.0 Å². The SMILES string of the molecule is CCCNC(CN1CCC(C(F)(F)F)CC1)C(C)C. The third kappa shape index (κ3) is 5.69. The van der Waals surface area contributed by atoms with Crippen molar-refractivity contribution in [3.63, 3.8) is 0 Å². The van der Waals surface area contributed by atoms with Gasteiger partial charge in [0.1, 0.15) is 0 Å². The molecule has 1 unspecified atom stereocenters. The highest BCUT2D eigenvalue weighted by molar-refractivity contribution is 4.81. The van der Waals surface area contributed by atoms with Crippen LogP contribution in [0.5, 0.6) is 0 Å². The second kappa shape index (κ2) is 7.48. The van der Waals surface area contributed by atoms with Gasteiger partial charge in [-0.1, -0.05) is 20.8 Å². The van der Waals surface area contributed by atoms with Gasteiger partial charge in [0.15, 0.2) is 0 Å². The minimum Gasteiger partial charge on any atom is -0.312 e. The molecule has 1 aliphatic rings. The van der Waals surface area contributed by atoms with E-state index in [-0.39, 0.29) is 12.8 Å². The summed E-state index contributed by atoms with van der Waals surface area (Å²) < 4.78 is 37.8. The van der Waals surface area contributed by atoms with Gasteiger partial charge in [-0.05, 0) is 44.8 Å². The molecule has 0 spiro atoms. The number of rotatable bonds is 6. The monoisotopic (exact) mass is 280 g/mol. The number of likely N-dealkylation sites (tertiary alicyclic amines) is 1. The zero-order valence-electron chi connectivity index (χ0n) is 12.3. The van der Waals surface area contributed by atoms with Gasteiger partial charge in [-0.15, -0.1) is 0 Å². The van der Waals surface area contributed by atoms with Gasteiger partial charge in [-0.3, -0.25) is 0 Å². The van der Waals surface area contributed by atoms with Gasteiger partial charge in [0, 0.05) is 12.6 Å². The molecule has 1 rings (SSSR count). The molecule has 0 aromatic carbocycles. The van der Waals surface area contributed by atoms with Crippen LogP contribution in [0.3, 0.4) is 0 Å². The molecule has 0 aliphatic carbocycles. The van der Waals surface area contributed by atoms with E-state index in [0.717, 1.165) is 19.5 Å². The molecule has 1 fully saturated rings. The number of hydrogen-bond donors (Lipinski definition) is 1. The average Bonchev–Trinajstić information content (AvgIpc) is 2.33. The minimum atomic E-state index is -4.01. The molecule has 19 heavy (non-hydrogen) atoms. The van der Waals surface area contributed by atoms with Gasteiger partial charge in [-0.2, -0.15) is 13.2 Å². The standard InChI is InChI=1S/C14H27F3N2/c1-4-7-18-13(11(2)3)10-19-8-5-12(6-9-19)14(15,16)17/h11-13,18H,4-10H2,1-3H3. The summed E-state index contributed by atoms with van der Waals surface area (Å²) in [5.74, 6) is -0.586. The van der Waals surface area contributed by atoms with Crippen molar-refractivity contribution in [1.29, 1.82) is 0 Å². The van der Waals surface area contributed by atoms with Gasteiger partial charge < -0.3 is 10.2 Å². The molecule has 1 saturated heterocycles. The van der Waals surface area contributed by atoms with E-state index in [9.17, 15) is 13.2 Å². The topological polar surface area (TPSA) is 15.3 Å². The van der Waals surface area contributed by atoms with E-state index < -0.39 is 12.1 Å². The molecule has 0 aromatic heterocycles. The third-order valence-corrected chi connectivity index (χ3v) is 3.97. The first-order chi connectivity index (χ1) is 8.84. The van der Waals surface area contributed by atoms with Crippen molar-refractivity contribution in [2.45, 2.75) is 52.3 Å². The molecule has 1 heterocycles. The third-order valence-electron chi connectivity index (χ3n) is 3.97. The first-order valence-electron chi connectivity index (χ1n) is 7.37. The Kier molecular flexibility index (Phi) is 6.60. The predicted molar refractivity (Wildman–Crippen MR) is 72.1 cm³/mol. The first-order valence-corrected chi connectivity index (χ1v) is 7.37. The van der Waals surface area contributed by atoms with Gasteiger partial charge in [0.05, 0.1) is 5.92 Å². The highest BCUT2D eigenvalue weighted by Crippen LogP contribution is 2.34. The van der Waals surface area contributed by atoms with E-state index in [1.807, 2.05) is 0 Å². The lowest BCUT2D eigenvalue weighted by atomic mass is 9.95. The quantitative estimate of drug-likeness (QED) is 0.803. The second-order valence-corrected chi connectivity index (χ2v) is 5.92. The number of piperidine rings is 1. The number of nitrogens with zero attached hydrogens (tertiary/aromatic N) is 1. The van der Waals surface area contributed by atoms with Gasteiger partial charge >= 0.3 is 6.18 Å². The van der Waals surface area contributed by atoms with Crippen molar-refractivity contribution >= 4 is 0 Å². The largest absolute Gasteiger partial charge is 0.391 e. The van der Waals surface area contributed by atoms with Crippen LogP contribution >= 0.6 is 0 Å². The molecule has 1 aliphatic heterocycles. The summed E-state index contributed by atoms with van der Waals surface area (Å²) in [6, 6.07) is 0.377. The van der Waals surface area contributed by atoms with Crippen molar-refractivity contribution in [1.82, 2.24) is 10.2 Å². The van der Waals surface area contributed by atoms with Crippen LogP contribution in [-0.4, -0.2) is 43.3 Å². The first kappa shape index (κ1) is 16.8. The van der Waals surface area contributed by atoms with E-state index >= 15 is 0 Å². The minimum absolute atomic E-state index is 0.252. The molecule has 0 bridgehead atoms. The van der Waals surface area contributed by atoms with E-state index in [2.05, 4.69) is 31.0 Å². The Hall–Kier alpha value is -0.290. The summed E-state index contributed by atoms with van der Waals surface area (Å²) in [4.78, 5) is 2.18. The van der Waals surface area contributed by atoms with Crippen LogP contribution in [0.15, 0.2) is 0 Å². The molecule has 0 radical (unpaired) electrons. The van der Waals surface area contributed by atoms with E-state index in [1.54, 1.807) is 0 Å². The van der Waals surface area contributed by atoms with Gasteiger partial charge in [0.25, 0.3) is 0 Å². The van der Waals surface area contributed by atoms with Crippen LogP contribution in [-0.2, 0) is 0 Å². The fraction of sp³-hybridized carbons (Fsp3) is 1.00. The molecule has 0 amide bonds. The number of halogens is 3. The van der Waals surface area contributed by atoms with Crippen molar-refractivity contribution in [3.8, 4) is 0 Å². The fourth-order valence-electron chi connectivity index (χ4n) is 2.56. The molecule has 114 valence electrons. The predicted octanol–water partition coefficient (Wildman–Crippen LogP) is 3.28. The number of nitrogens with one attached hydrogen (secondary N) is 1. The summed E-state index contributed by atoms with van der Waals surface area (Å²) in [7, 11) is 0. The van der Waals surface area contributed by atoms with Crippen molar-refractivity contribution in [2.75, 3.05) is 26.2 Å². The second-order valence-electron chi connectivity index (χ2n) is 5.92. The van der Waals surface area contributed by atoms with Crippen LogP contribution < -0.4 is 5.32 Å². The average molecular weight is 280 g/mol. The van der Waals surface area contributed by atoms with Crippen LogP contribution in [0.4, 0.5) is 13.2 Å². The smallest absolute Gasteiger partial charge is 0.312 e. The maximum atomic E-state index is 12.6. The van der Waals surface area contributed by atoms with E-state index in [4.69, 9.17) is 0 Å². The molecule has 1 atom stereocenters. The Morgan fingerprint density at radius 1 is 1.21 bits per heavy atom. The Morgan fingerprint density at radius 2 is 1.79 bits per heavy atom. The normalized spacial score (nSPS) is 21.0. The van der Waals surface area contributed by atoms with Crippen molar-refractivity contribution in [2.24, 2.45) is 11.8 Å². The fourth-order valence-corrected chi connectivity index (χ4v) is 2.56. The summed E-state index contributed by atoms with van der Waals surface area (Å²) in [6.45, 7) is 9.43. The van der Waals surface area contributed by atoms with Gasteiger partial charge in [-0.25, -0.2) is 0 Å². The van der Waals surface area contributed by atoms with Gasteiger partial charge in [0.2, 0.25) is 0 Å². The molecule has 1 N–H and O–H groups in total. The van der Waals surface area contributed by atoms with E-state index in [0.29, 0.717) is 25.0 Å². The number of alkyl halides is 3. The Morgan fingerprint density at radius 3 is 2.21 bits per heavy atom. The lowest BCUT2D eigenvalue weighted by molar-refractivity contribution is -0.185. The Bertz CT molecular complexity index is 246. The van der Waals surface area contributed by atoms with Crippen LogP contribution in [0.2, 0.25) is 0 Å². The summed E-state index contributed by atoms with van der Waals surface area (Å²) in [5.41, 5.74) is 0. The van der Waals surface area contributed by atoms with E-state index in [1.165, 1.54) is 0 Å². The lowest BCUT2D eigenvalue weighted by Crippen LogP contribution is -2.48. The number of hydrogen-bond acceptors (Lipinski definition) is 2. The maximum absolute atomic E-state index is 12.6. The summed E-state index contributed by atoms with van der Waals surface area (Å²) in [5, 5.41) is 3.49. The maximum Gasteiger partial charge on any atom is 0.391 e. The van der Waals surface area contributed by atoms with Crippen LogP contribution in [0.25, 0.3) is 0 Å². The zero-order valence-corrected chi connectivity index (χ0v) is 12.3. The molecule has 2 nitrogen and oxygen atoms in total. The molecule has 0 aromatic rings. The summed E-state index contributed by atoms with van der Waals surface area (Å²) in [6.07, 6.45) is -2.42. The zero-order chi connectivity index (χ0) is 14.5. The highest BCUT2D eigenvalue weighted by Gasteiger charge is 2.41.